The Bertz CT molecular complexity index is 1740. The molecule has 3 amide bonds. The summed E-state index contributed by atoms with van der Waals surface area (Å²) in [5, 5.41) is 5.35. The Morgan fingerprint density at radius 1 is 1.07 bits per heavy atom. The lowest BCUT2D eigenvalue weighted by Gasteiger charge is -2.35. The Morgan fingerprint density at radius 2 is 1.84 bits per heavy atom. The van der Waals surface area contributed by atoms with E-state index in [9.17, 15) is 19.2 Å². The summed E-state index contributed by atoms with van der Waals surface area (Å²) < 4.78 is 35.1. The van der Waals surface area contributed by atoms with Gasteiger partial charge in [-0.1, -0.05) is 31.0 Å². The third-order valence-electron chi connectivity index (χ3n) is 8.26. The molecule has 0 saturated carbocycles. The molecule has 2 atom stereocenters. The van der Waals surface area contributed by atoms with E-state index in [4.69, 9.17) is 11.6 Å². The van der Waals surface area contributed by atoms with Crippen molar-refractivity contribution in [2.75, 3.05) is 24.3 Å². The number of halogens is 3. The quantitative estimate of drug-likeness (QED) is 0.285. The lowest BCUT2D eigenvalue weighted by molar-refractivity contribution is -0.129. The zero-order valence-electron chi connectivity index (χ0n) is 25.0. The van der Waals surface area contributed by atoms with Gasteiger partial charge < -0.3 is 15.0 Å². The van der Waals surface area contributed by atoms with Gasteiger partial charge in [-0.25, -0.2) is 13.6 Å². The predicted molar refractivity (Wildman–Crippen MR) is 168 cm³/mol. The SMILES string of the molecule is COC(=O)Nc1ccc2c(c1)NC(=O)C(C)CCCC(N1CCC(c3c(C(C)=O)ccc(Cl)c3F)=CC1=O)c1cc(F)cc-2c1. The molecular weight excluding hydrogens is 604 g/mol. The first-order valence-corrected chi connectivity index (χ1v) is 15.0. The number of nitrogens with one attached hydrogen (secondary N) is 2. The molecule has 0 spiro atoms. The Labute approximate surface area is 264 Å². The summed E-state index contributed by atoms with van der Waals surface area (Å²) in [6.07, 6.45) is 2.40. The van der Waals surface area contributed by atoms with Crippen molar-refractivity contribution in [1.29, 1.82) is 0 Å². The van der Waals surface area contributed by atoms with E-state index >= 15 is 8.78 Å². The maximum absolute atomic E-state index is 15.3. The molecule has 0 radical (unpaired) electrons. The average molecular weight is 636 g/mol. The lowest BCUT2D eigenvalue weighted by Crippen LogP contribution is -2.37. The number of fused-ring (bicyclic) bond motifs is 4. The minimum atomic E-state index is -0.756. The van der Waals surface area contributed by atoms with Crippen LogP contribution in [0, 0.1) is 17.6 Å². The topological polar surface area (TPSA) is 105 Å². The van der Waals surface area contributed by atoms with Crippen molar-refractivity contribution in [2.45, 2.75) is 45.6 Å². The Balaban J connectivity index is 1.56. The van der Waals surface area contributed by atoms with E-state index in [2.05, 4.69) is 15.4 Å². The average Bonchev–Trinajstić information content (AvgIpc) is 3.00. The summed E-state index contributed by atoms with van der Waals surface area (Å²) in [7, 11) is 1.24. The van der Waals surface area contributed by atoms with Crippen LogP contribution in [0.3, 0.4) is 0 Å². The van der Waals surface area contributed by atoms with Gasteiger partial charge in [0.15, 0.2) is 5.78 Å². The van der Waals surface area contributed by atoms with Crippen LogP contribution >= 0.6 is 11.6 Å². The first-order chi connectivity index (χ1) is 21.5. The molecule has 2 N–H and O–H groups in total. The number of ether oxygens (including phenoxy) is 1. The van der Waals surface area contributed by atoms with Gasteiger partial charge in [0.2, 0.25) is 11.8 Å². The zero-order chi connectivity index (χ0) is 32.4. The van der Waals surface area contributed by atoms with Gasteiger partial charge in [-0.15, -0.1) is 0 Å². The molecule has 8 nitrogen and oxygen atoms in total. The second-order valence-electron chi connectivity index (χ2n) is 11.3. The fourth-order valence-electron chi connectivity index (χ4n) is 5.93. The summed E-state index contributed by atoms with van der Waals surface area (Å²) >= 11 is 6.03. The number of amides is 3. The fourth-order valence-corrected chi connectivity index (χ4v) is 6.09. The van der Waals surface area contributed by atoms with Crippen LogP contribution in [-0.4, -0.2) is 42.2 Å². The van der Waals surface area contributed by atoms with Crippen molar-refractivity contribution in [1.82, 2.24) is 4.90 Å². The van der Waals surface area contributed by atoms with Crippen LogP contribution in [0.5, 0.6) is 0 Å². The number of ketones is 1. The van der Waals surface area contributed by atoms with Gasteiger partial charge in [0.1, 0.15) is 11.6 Å². The van der Waals surface area contributed by atoms with E-state index in [1.54, 1.807) is 36.1 Å². The van der Waals surface area contributed by atoms with E-state index in [1.165, 1.54) is 44.4 Å². The Hall–Kier alpha value is -4.57. The molecule has 11 heteroatoms. The van der Waals surface area contributed by atoms with E-state index in [-0.39, 0.29) is 46.7 Å². The van der Waals surface area contributed by atoms with Gasteiger partial charge in [0.05, 0.1) is 23.9 Å². The zero-order valence-corrected chi connectivity index (χ0v) is 25.8. The highest BCUT2D eigenvalue weighted by molar-refractivity contribution is 6.31. The molecule has 2 bridgehead atoms. The van der Waals surface area contributed by atoms with Crippen LogP contribution in [0.4, 0.5) is 25.0 Å². The molecule has 2 aliphatic heterocycles. The smallest absolute Gasteiger partial charge is 0.411 e. The molecule has 234 valence electrons. The van der Waals surface area contributed by atoms with Gasteiger partial charge in [0, 0.05) is 40.9 Å². The third kappa shape index (κ3) is 6.76. The Morgan fingerprint density at radius 3 is 2.56 bits per heavy atom. The third-order valence-corrected chi connectivity index (χ3v) is 8.55. The van der Waals surface area contributed by atoms with E-state index in [0.29, 0.717) is 52.9 Å². The van der Waals surface area contributed by atoms with E-state index in [1.807, 2.05) is 0 Å². The predicted octanol–water partition coefficient (Wildman–Crippen LogP) is 7.78. The highest BCUT2D eigenvalue weighted by Gasteiger charge is 2.31. The van der Waals surface area contributed by atoms with Crippen molar-refractivity contribution in [3.8, 4) is 11.1 Å². The highest BCUT2D eigenvalue weighted by atomic mass is 35.5. The number of carbonyl (C=O) groups is 4. The number of nitrogens with zero attached hydrogens (tertiary/aromatic N) is 1. The number of rotatable bonds is 4. The van der Waals surface area contributed by atoms with Crippen molar-refractivity contribution in [3.05, 3.63) is 88.0 Å². The van der Waals surface area contributed by atoms with Crippen molar-refractivity contribution < 1.29 is 32.7 Å². The van der Waals surface area contributed by atoms with Crippen LogP contribution in [0.15, 0.2) is 54.6 Å². The summed E-state index contributed by atoms with van der Waals surface area (Å²) in [4.78, 5) is 52.6. The van der Waals surface area contributed by atoms with E-state index in [0.717, 1.165) is 0 Å². The first-order valence-electron chi connectivity index (χ1n) is 14.6. The van der Waals surface area contributed by atoms with Gasteiger partial charge in [0.25, 0.3) is 0 Å². The molecule has 0 fully saturated rings. The second kappa shape index (κ2) is 13.2. The molecule has 2 heterocycles. The first kappa shape index (κ1) is 31.8. The van der Waals surface area contributed by atoms with Gasteiger partial charge in [-0.05, 0) is 85.4 Å². The normalized spacial score (nSPS) is 18.5. The number of hydrogen-bond donors (Lipinski definition) is 2. The lowest BCUT2D eigenvalue weighted by atomic mass is 9.89. The number of carbonyl (C=O) groups excluding carboxylic acids is 4. The number of methoxy groups -OCH3 is 1. The van der Waals surface area contributed by atoms with Crippen LogP contribution in [0.2, 0.25) is 5.02 Å². The number of Topliss-reactive ketones (excluding diaryl/α,β-unsaturated/α-hetero) is 1. The maximum Gasteiger partial charge on any atom is 0.411 e. The summed E-state index contributed by atoms with van der Waals surface area (Å²) in [5.41, 5.74) is 2.83. The number of anilines is 2. The monoisotopic (exact) mass is 635 g/mol. The summed E-state index contributed by atoms with van der Waals surface area (Å²) in [6.45, 7) is 3.32. The van der Waals surface area contributed by atoms with Gasteiger partial charge in [-0.2, -0.15) is 0 Å². The molecule has 5 rings (SSSR count). The fraction of sp³-hybridized carbons (Fsp3) is 0.294. The van der Waals surface area contributed by atoms with E-state index < -0.39 is 29.7 Å². The van der Waals surface area contributed by atoms with Crippen molar-refractivity contribution in [3.63, 3.8) is 0 Å². The minimum Gasteiger partial charge on any atom is -0.453 e. The second-order valence-corrected chi connectivity index (χ2v) is 11.7. The summed E-state index contributed by atoms with van der Waals surface area (Å²) in [5.74, 6) is -2.67. The Kier molecular flexibility index (Phi) is 9.34. The molecule has 2 unspecified atom stereocenters. The molecule has 0 aromatic heterocycles. The summed E-state index contributed by atoms with van der Waals surface area (Å²) in [6, 6.07) is 11.6. The standard InChI is InChI=1S/C34H32ClF2N3O5/c1-18-5-4-6-29(40-12-11-20(16-30(40)42)31-25(19(2)41)9-10-27(35)32(31)37)22-13-21(14-23(36)15-22)26-8-7-24(38-34(44)45-3)17-28(26)39-33(18)43/h7-10,13-18,29H,4-6,11-12H2,1-3H3,(H,38,44)(H,39,43). The molecule has 0 saturated heterocycles. The van der Waals surface area contributed by atoms with Crippen molar-refractivity contribution >= 4 is 52.2 Å². The van der Waals surface area contributed by atoms with Gasteiger partial charge in [-0.3, -0.25) is 19.7 Å². The van der Waals surface area contributed by atoms with Gasteiger partial charge >= 0.3 is 6.09 Å². The van der Waals surface area contributed by atoms with Crippen molar-refractivity contribution in [2.24, 2.45) is 5.92 Å². The van der Waals surface area contributed by atoms with Crippen LogP contribution in [0.1, 0.15) is 67.1 Å². The molecule has 2 aliphatic rings. The molecule has 3 aromatic rings. The number of benzene rings is 3. The molecule has 45 heavy (non-hydrogen) atoms. The largest absolute Gasteiger partial charge is 0.453 e. The van der Waals surface area contributed by atoms with Crippen LogP contribution in [-0.2, 0) is 14.3 Å². The number of hydrogen-bond acceptors (Lipinski definition) is 5. The minimum absolute atomic E-state index is 0.0206. The van der Waals surface area contributed by atoms with Crippen LogP contribution < -0.4 is 10.6 Å². The molecule has 3 aromatic carbocycles. The van der Waals surface area contributed by atoms with Crippen LogP contribution in [0.25, 0.3) is 16.7 Å². The molecular formula is C34H32ClF2N3O5. The highest BCUT2D eigenvalue weighted by Crippen LogP contribution is 2.39. The molecule has 0 aliphatic carbocycles. The maximum atomic E-state index is 15.3.